The zero-order valence-corrected chi connectivity index (χ0v) is 7.60. The molecule has 0 unspecified atom stereocenters. The molecule has 0 heterocycles. The van der Waals surface area contributed by atoms with Crippen LogP contribution >= 0.6 is 7.37 Å². The minimum Gasteiger partial charge on any atom is -0.391 e. The first kappa shape index (κ1) is 10.2. The maximum atomic E-state index is 10.9. The summed E-state index contributed by atoms with van der Waals surface area (Å²) in [5.74, 6) is 0. The van der Waals surface area contributed by atoms with Crippen molar-refractivity contribution in [3.05, 3.63) is 0 Å². The molecule has 0 aliphatic carbocycles. The predicted molar refractivity (Wildman–Crippen MR) is 41.7 cm³/mol. The Bertz CT molecular complexity index is 129. The van der Waals surface area contributed by atoms with Crippen molar-refractivity contribution < 1.29 is 14.2 Å². The molecule has 4 heteroatoms. The maximum absolute atomic E-state index is 10.9. The van der Waals surface area contributed by atoms with Crippen LogP contribution in [0, 0.1) is 0 Å². The predicted octanol–water partition coefficient (Wildman–Crippen LogP) is 1.31. The van der Waals surface area contributed by atoms with Crippen LogP contribution in [0.3, 0.4) is 0 Å². The highest BCUT2D eigenvalue weighted by molar-refractivity contribution is 7.57. The molecule has 0 aromatic heterocycles. The summed E-state index contributed by atoms with van der Waals surface area (Å²) in [5, 5.41) is 8.98. The fourth-order valence-electron chi connectivity index (χ4n) is 0.383. The van der Waals surface area contributed by atoms with E-state index < -0.39 is 13.5 Å². The van der Waals surface area contributed by atoms with Crippen molar-refractivity contribution in [1.82, 2.24) is 0 Å². The quantitative estimate of drug-likeness (QED) is 0.640. The number of aliphatic hydroxyl groups excluding tert-OH is 1. The largest absolute Gasteiger partial charge is 0.391 e. The van der Waals surface area contributed by atoms with Crippen LogP contribution in [0.4, 0.5) is 0 Å². The lowest BCUT2D eigenvalue weighted by atomic mass is 10.3. The molecule has 0 aromatic rings. The van der Waals surface area contributed by atoms with Crippen molar-refractivity contribution in [3.63, 3.8) is 0 Å². The molecule has 0 aliphatic rings. The van der Waals surface area contributed by atoms with Gasteiger partial charge < -0.3 is 9.63 Å². The van der Waals surface area contributed by atoms with Gasteiger partial charge in [0.1, 0.15) is 0 Å². The minimum atomic E-state index is -2.39. The second kappa shape index (κ2) is 4.12. The molecule has 0 amide bonds. The fourth-order valence-corrected chi connectivity index (χ4v) is 0.914. The number of hydrogen-bond acceptors (Lipinski definition) is 3. The van der Waals surface area contributed by atoms with Gasteiger partial charge in [-0.25, -0.2) is 0 Å². The van der Waals surface area contributed by atoms with Gasteiger partial charge in [-0.05, 0) is 6.42 Å². The van der Waals surface area contributed by atoms with E-state index in [4.69, 9.17) is 9.63 Å². The van der Waals surface area contributed by atoms with Crippen molar-refractivity contribution >= 4 is 7.37 Å². The fraction of sp³-hybridized carbons (Fsp3) is 1.00. The zero-order valence-electron chi connectivity index (χ0n) is 6.70. The van der Waals surface area contributed by atoms with Gasteiger partial charge >= 0.3 is 0 Å². The molecule has 0 bridgehead atoms. The van der Waals surface area contributed by atoms with Gasteiger partial charge in [0.05, 0.1) is 12.7 Å². The highest BCUT2D eigenvalue weighted by Gasteiger charge is 2.09. The van der Waals surface area contributed by atoms with E-state index >= 15 is 0 Å². The summed E-state index contributed by atoms with van der Waals surface area (Å²) in [4.78, 5) is 0. The molecular weight excluding hydrogens is 151 g/mol. The third-order valence-corrected chi connectivity index (χ3v) is 1.82. The van der Waals surface area contributed by atoms with E-state index in [1.165, 1.54) is 13.3 Å². The Morgan fingerprint density at radius 2 is 2.10 bits per heavy atom. The first-order valence-corrected chi connectivity index (χ1v) is 5.85. The highest BCUT2D eigenvalue weighted by Crippen LogP contribution is 2.37. The molecule has 0 fully saturated rings. The van der Waals surface area contributed by atoms with Gasteiger partial charge in [-0.2, -0.15) is 0 Å². The molecule has 10 heavy (non-hydrogen) atoms. The van der Waals surface area contributed by atoms with Crippen LogP contribution in [0.1, 0.15) is 13.3 Å². The lowest BCUT2D eigenvalue weighted by molar-refractivity contribution is 0.107. The highest BCUT2D eigenvalue weighted by atomic mass is 31.2. The van der Waals surface area contributed by atoms with Crippen LogP contribution < -0.4 is 0 Å². The number of rotatable bonds is 4. The van der Waals surface area contributed by atoms with E-state index in [2.05, 4.69) is 0 Å². The van der Waals surface area contributed by atoms with Gasteiger partial charge in [0, 0.05) is 13.3 Å². The lowest BCUT2D eigenvalue weighted by Crippen LogP contribution is -2.12. The normalized spacial score (nSPS) is 15.2. The molecule has 0 rings (SSSR count). The Kier molecular flexibility index (Phi) is 4.18. The number of aliphatic hydroxyl groups is 1. The van der Waals surface area contributed by atoms with Crippen LogP contribution in [-0.4, -0.2) is 31.1 Å². The third-order valence-electron chi connectivity index (χ3n) is 1.05. The van der Waals surface area contributed by atoms with Gasteiger partial charge in [-0.15, -0.1) is 0 Å². The van der Waals surface area contributed by atoms with Crippen LogP contribution in [0.15, 0.2) is 0 Å². The Morgan fingerprint density at radius 3 is 2.40 bits per heavy atom. The van der Waals surface area contributed by atoms with Crippen LogP contribution in [0.5, 0.6) is 0 Å². The summed E-state index contributed by atoms with van der Waals surface area (Å²) in [6, 6.07) is 0. The molecule has 0 saturated heterocycles. The topological polar surface area (TPSA) is 46.5 Å². The molecule has 1 N–H and O–H groups in total. The van der Waals surface area contributed by atoms with Gasteiger partial charge in [0.25, 0.3) is 0 Å². The van der Waals surface area contributed by atoms with E-state index in [9.17, 15) is 4.57 Å². The summed E-state index contributed by atoms with van der Waals surface area (Å²) in [6.45, 7) is 5.11. The van der Waals surface area contributed by atoms with Crippen molar-refractivity contribution in [2.45, 2.75) is 19.4 Å². The van der Waals surface area contributed by atoms with E-state index in [1.807, 2.05) is 6.92 Å². The van der Waals surface area contributed by atoms with Gasteiger partial charge in [-0.3, -0.25) is 4.57 Å². The molecule has 3 nitrogen and oxygen atoms in total. The summed E-state index contributed by atoms with van der Waals surface area (Å²) in [5.41, 5.74) is 0. The second-order valence-electron chi connectivity index (χ2n) is 2.61. The van der Waals surface area contributed by atoms with E-state index in [-0.39, 0.29) is 6.61 Å². The maximum Gasteiger partial charge on any atom is 0.197 e. The Balaban J connectivity index is 3.46. The molecule has 62 valence electrons. The summed E-state index contributed by atoms with van der Waals surface area (Å²) >= 11 is 0. The molecular formula is C6H15O3P. The van der Waals surface area contributed by atoms with Gasteiger partial charge in [-0.1, -0.05) is 6.92 Å². The third kappa shape index (κ3) is 6.27. The monoisotopic (exact) mass is 166 g/mol. The zero-order chi connectivity index (χ0) is 8.20. The second-order valence-corrected chi connectivity index (χ2v) is 5.37. The van der Waals surface area contributed by atoms with Crippen LogP contribution in [0.25, 0.3) is 0 Å². The van der Waals surface area contributed by atoms with Gasteiger partial charge in [0.2, 0.25) is 0 Å². The molecule has 0 aliphatic heterocycles. The Hall–Kier alpha value is 0.150. The molecule has 0 spiro atoms. The summed E-state index contributed by atoms with van der Waals surface area (Å²) < 4.78 is 15.8. The lowest BCUT2D eigenvalue weighted by Gasteiger charge is -2.11. The van der Waals surface area contributed by atoms with Crippen LogP contribution in [0.2, 0.25) is 0 Å². The Morgan fingerprint density at radius 1 is 1.60 bits per heavy atom. The SMILES string of the molecule is CC[C@@H](O)COP(C)(C)=O. The molecule has 0 radical (unpaired) electrons. The minimum absolute atomic E-state index is 0.181. The number of hydrogen-bond donors (Lipinski definition) is 1. The van der Waals surface area contributed by atoms with E-state index in [0.29, 0.717) is 6.42 Å². The van der Waals surface area contributed by atoms with E-state index in [0.717, 1.165) is 0 Å². The molecule has 0 aromatic carbocycles. The smallest absolute Gasteiger partial charge is 0.197 e. The Labute approximate surface area is 61.8 Å². The van der Waals surface area contributed by atoms with Crippen molar-refractivity contribution in [3.8, 4) is 0 Å². The van der Waals surface area contributed by atoms with E-state index in [1.54, 1.807) is 0 Å². The molecule has 0 saturated carbocycles. The van der Waals surface area contributed by atoms with Crippen molar-refractivity contribution in [2.75, 3.05) is 19.9 Å². The first-order valence-electron chi connectivity index (χ1n) is 3.33. The van der Waals surface area contributed by atoms with Gasteiger partial charge in [0.15, 0.2) is 7.37 Å². The first-order chi connectivity index (χ1) is 4.45. The standard InChI is InChI=1S/C6H15O3P/c1-4-6(7)5-9-10(2,3)8/h6-7H,4-5H2,1-3H3/t6-/m1/s1. The summed E-state index contributed by atoms with van der Waals surface area (Å²) in [6.07, 6.45) is 0.160. The van der Waals surface area contributed by atoms with Crippen LogP contribution in [-0.2, 0) is 9.09 Å². The molecule has 1 atom stereocenters. The van der Waals surface area contributed by atoms with Crippen molar-refractivity contribution in [2.24, 2.45) is 0 Å². The average molecular weight is 166 g/mol. The summed E-state index contributed by atoms with van der Waals surface area (Å²) in [7, 11) is -2.39. The van der Waals surface area contributed by atoms with Crippen molar-refractivity contribution in [1.29, 1.82) is 0 Å². The average Bonchev–Trinajstić information content (AvgIpc) is 1.81.